The third-order valence-corrected chi connectivity index (χ3v) is 2.78. The zero-order chi connectivity index (χ0) is 11.4. The summed E-state index contributed by atoms with van der Waals surface area (Å²) in [5.41, 5.74) is 0.538. The van der Waals surface area contributed by atoms with Crippen LogP contribution < -0.4 is 5.32 Å². The Bertz CT molecular complexity index is 356. The van der Waals surface area contributed by atoms with E-state index in [4.69, 9.17) is 4.74 Å². The smallest absolute Gasteiger partial charge is 0.356 e. The quantitative estimate of drug-likeness (QED) is 0.767. The Labute approximate surface area is 94.8 Å². The highest BCUT2D eigenvalue weighted by Crippen LogP contribution is 2.10. The molecule has 0 radical (unpaired) electrons. The highest BCUT2D eigenvalue weighted by atomic mass is 16.5. The Balaban J connectivity index is 2.03. The molecule has 16 heavy (non-hydrogen) atoms. The summed E-state index contributed by atoms with van der Waals surface area (Å²) in [6.45, 7) is 4.05. The van der Waals surface area contributed by atoms with Crippen LogP contribution in [0.5, 0.6) is 0 Å². The topological polar surface area (TPSA) is 56.1 Å². The number of nitrogens with one attached hydrogen (secondary N) is 1. The summed E-state index contributed by atoms with van der Waals surface area (Å²) in [7, 11) is 0. The van der Waals surface area contributed by atoms with Crippen LogP contribution in [0.2, 0.25) is 0 Å². The maximum absolute atomic E-state index is 11.6. The Morgan fingerprint density at radius 3 is 3.31 bits per heavy atom. The van der Waals surface area contributed by atoms with Crippen LogP contribution in [0.1, 0.15) is 30.3 Å². The fourth-order valence-corrected chi connectivity index (χ4v) is 1.99. The normalized spacial score (nSPS) is 19.9. The van der Waals surface area contributed by atoms with Crippen LogP contribution in [-0.4, -0.2) is 34.7 Å². The summed E-state index contributed by atoms with van der Waals surface area (Å²) >= 11 is 0. The molecule has 0 amide bonds. The van der Waals surface area contributed by atoms with Gasteiger partial charge in [-0.05, 0) is 26.3 Å². The summed E-state index contributed by atoms with van der Waals surface area (Å²) in [5, 5.41) is 3.39. The van der Waals surface area contributed by atoms with Crippen LogP contribution >= 0.6 is 0 Å². The van der Waals surface area contributed by atoms with Gasteiger partial charge in [-0.1, -0.05) is 0 Å². The number of esters is 1. The molecule has 1 fully saturated rings. The van der Waals surface area contributed by atoms with E-state index in [1.807, 2.05) is 4.57 Å². The third kappa shape index (κ3) is 2.41. The zero-order valence-corrected chi connectivity index (χ0v) is 9.48. The molecule has 5 nitrogen and oxygen atoms in total. The second-order valence-electron chi connectivity index (χ2n) is 3.94. The second kappa shape index (κ2) is 5.12. The Kier molecular flexibility index (Phi) is 3.56. The largest absolute Gasteiger partial charge is 0.461 e. The third-order valence-electron chi connectivity index (χ3n) is 2.78. The van der Waals surface area contributed by atoms with Gasteiger partial charge >= 0.3 is 5.97 Å². The van der Waals surface area contributed by atoms with Gasteiger partial charge in [0.15, 0.2) is 0 Å². The number of imidazole rings is 1. The lowest BCUT2D eigenvalue weighted by molar-refractivity contribution is 0.0513. The van der Waals surface area contributed by atoms with Gasteiger partial charge in [0.1, 0.15) is 5.69 Å². The summed E-state index contributed by atoms with van der Waals surface area (Å²) in [6, 6.07) is 0.447. The monoisotopic (exact) mass is 223 g/mol. The number of ether oxygens (including phenoxy) is 1. The second-order valence-corrected chi connectivity index (χ2v) is 3.94. The molecule has 0 spiro atoms. The SMILES string of the molecule is CCOC(=O)c1cncn1CC1CCCN1. The van der Waals surface area contributed by atoms with Crippen molar-refractivity contribution in [2.75, 3.05) is 13.2 Å². The summed E-state index contributed by atoms with van der Waals surface area (Å²) in [4.78, 5) is 15.6. The van der Waals surface area contributed by atoms with E-state index in [1.165, 1.54) is 6.42 Å². The van der Waals surface area contributed by atoms with E-state index in [0.717, 1.165) is 19.5 Å². The molecule has 1 aromatic heterocycles. The van der Waals surface area contributed by atoms with Gasteiger partial charge in [-0.25, -0.2) is 9.78 Å². The van der Waals surface area contributed by atoms with Crippen LogP contribution in [0.25, 0.3) is 0 Å². The molecule has 1 saturated heterocycles. The molecule has 1 atom stereocenters. The lowest BCUT2D eigenvalue weighted by atomic mass is 10.2. The van der Waals surface area contributed by atoms with Crippen LogP contribution in [0.3, 0.4) is 0 Å². The molecular formula is C11H17N3O2. The van der Waals surface area contributed by atoms with Gasteiger partial charge in [-0.2, -0.15) is 0 Å². The molecule has 0 bridgehead atoms. The minimum absolute atomic E-state index is 0.294. The van der Waals surface area contributed by atoms with Crippen LogP contribution in [0.4, 0.5) is 0 Å². The first-order valence-electron chi connectivity index (χ1n) is 5.72. The first-order chi connectivity index (χ1) is 7.81. The Morgan fingerprint density at radius 2 is 2.62 bits per heavy atom. The number of carbonyl (C=O) groups is 1. The molecule has 0 aliphatic carbocycles. The molecule has 1 aliphatic heterocycles. The average Bonchev–Trinajstić information content (AvgIpc) is 2.90. The van der Waals surface area contributed by atoms with E-state index < -0.39 is 0 Å². The van der Waals surface area contributed by atoms with Crippen molar-refractivity contribution in [3.8, 4) is 0 Å². The molecule has 88 valence electrons. The molecule has 0 saturated carbocycles. The highest BCUT2D eigenvalue weighted by molar-refractivity contribution is 5.87. The Hall–Kier alpha value is -1.36. The van der Waals surface area contributed by atoms with E-state index in [0.29, 0.717) is 18.3 Å². The molecule has 5 heteroatoms. The number of hydrogen-bond acceptors (Lipinski definition) is 4. The molecule has 1 aliphatic rings. The molecule has 1 unspecified atom stereocenters. The van der Waals surface area contributed by atoms with E-state index in [2.05, 4.69) is 10.3 Å². The minimum Gasteiger partial charge on any atom is -0.461 e. The predicted molar refractivity (Wildman–Crippen MR) is 59.2 cm³/mol. The maximum Gasteiger partial charge on any atom is 0.356 e. The molecule has 1 N–H and O–H groups in total. The lowest BCUT2D eigenvalue weighted by Crippen LogP contribution is -2.28. The van der Waals surface area contributed by atoms with E-state index in [1.54, 1.807) is 19.4 Å². The summed E-state index contributed by atoms with van der Waals surface area (Å²) in [6.07, 6.45) is 5.60. The van der Waals surface area contributed by atoms with Gasteiger partial charge in [-0.3, -0.25) is 0 Å². The van der Waals surface area contributed by atoms with Gasteiger partial charge < -0.3 is 14.6 Å². The van der Waals surface area contributed by atoms with Crippen molar-refractivity contribution < 1.29 is 9.53 Å². The average molecular weight is 223 g/mol. The van der Waals surface area contributed by atoms with Crippen molar-refractivity contribution in [1.82, 2.24) is 14.9 Å². The van der Waals surface area contributed by atoms with Gasteiger partial charge in [0.2, 0.25) is 0 Å². The van der Waals surface area contributed by atoms with Crippen LogP contribution in [0.15, 0.2) is 12.5 Å². The van der Waals surface area contributed by atoms with Crippen LogP contribution in [-0.2, 0) is 11.3 Å². The number of aromatic nitrogens is 2. The summed E-state index contributed by atoms with van der Waals surface area (Å²) < 4.78 is 6.83. The minimum atomic E-state index is -0.294. The molecule has 1 aromatic rings. The van der Waals surface area contributed by atoms with Gasteiger partial charge in [0, 0.05) is 12.6 Å². The lowest BCUT2D eigenvalue weighted by Gasteiger charge is -2.12. The van der Waals surface area contributed by atoms with Gasteiger partial charge in [-0.15, -0.1) is 0 Å². The van der Waals surface area contributed by atoms with E-state index >= 15 is 0 Å². The molecule has 2 heterocycles. The van der Waals surface area contributed by atoms with Crippen LogP contribution in [0, 0.1) is 0 Å². The van der Waals surface area contributed by atoms with Gasteiger partial charge in [0.25, 0.3) is 0 Å². The number of hydrogen-bond donors (Lipinski definition) is 1. The highest BCUT2D eigenvalue weighted by Gasteiger charge is 2.18. The Morgan fingerprint density at radius 1 is 1.75 bits per heavy atom. The predicted octanol–water partition coefficient (Wildman–Crippen LogP) is 0.812. The van der Waals surface area contributed by atoms with Crippen molar-refractivity contribution in [3.05, 3.63) is 18.2 Å². The van der Waals surface area contributed by atoms with E-state index in [-0.39, 0.29) is 5.97 Å². The number of nitrogens with zero attached hydrogens (tertiary/aromatic N) is 2. The molecular weight excluding hydrogens is 206 g/mol. The summed E-state index contributed by atoms with van der Waals surface area (Å²) in [5.74, 6) is -0.294. The van der Waals surface area contributed by atoms with Gasteiger partial charge in [0.05, 0.1) is 19.1 Å². The fraction of sp³-hybridized carbons (Fsp3) is 0.636. The molecule has 2 rings (SSSR count). The number of carbonyl (C=O) groups excluding carboxylic acids is 1. The van der Waals surface area contributed by atoms with Crippen molar-refractivity contribution >= 4 is 5.97 Å². The van der Waals surface area contributed by atoms with Crippen molar-refractivity contribution in [2.45, 2.75) is 32.4 Å². The zero-order valence-electron chi connectivity index (χ0n) is 9.48. The first kappa shape index (κ1) is 11.1. The van der Waals surface area contributed by atoms with Crippen molar-refractivity contribution in [1.29, 1.82) is 0 Å². The standard InChI is InChI=1S/C11H17N3O2/c1-2-16-11(15)10-6-12-8-14(10)7-9-4-3-5-13-9/h6,8-9,13H,2-5,7H2,1H3. The molecule has 0 aromatic carbocycles. The van der Waals surface area contributed by atoms with Crippen molar-refractivity contribution in [2.24, 2.45) is 0 Å². The van der Waals surface area contributed by atoms with Crippen molar-refractivity contribution in [3.63, 3.8) is 0 Å². The number of rotatable bonds is 4. The fourth-order valence-electron chi connectivity index (χ4n) is 1.99. The first-order valence-corrected chi connectivity index (χ1v) is 5.72. The maximum atomic E-state index is 11.6. The van der Waals surface area contributed by atoms with E-state index in [9.17, 15) is 4.79 Å².